The van der Waals surface area contributed by atoms with E-state index < -0.39 is 54.3 Å². The highest BCUT2D eigenvalue weighted by Crippen LogP contribution is 2.36. The van der Waals surface area contributed by atoms with Crippen molar-refractivity contribution >= 4 is 23.9 Å². The molecule has 296 valence electrons. The Bertz CT molecular complexity index is 1300. The lowest BCUT2D eigenvalue weighted by molar-refractivity contribution is -0.155. The lowest BCUT2D eigenvalue weighted by Gasteiger charge is -2.33. The number of nitrogens with zero attached hydrogens (tertiary/aromatic N) is 1. The summed E-state index contributed by atoms with van der Waals surface area (Å²) in [4.78, 5) is 52.7. The van der Waals surface area contributed by atoms with Gasteiger partial charge < -0.3 is 45.2 Å². The summed E-state index contributed by atoms with van der Waals surface area (Å²) in [5.74, 6) is -0.563. The number of ether oxygens (including phenoxy) is 6. The Morgan fingerprint density at radius 1 is 0.962 bits per heavy atom. The van der Waals surface area contributed by atoms with Gasteiger partial charge in [-0.15, -0.1) is 0 Å². The third-order valence-corrected chi connectivity index (χ3v) is 9.83. The van der Waals surface area contributed by atoms with E-state index in [0.717, 1.165) is 12.0 Å². The van der Waals surface area contributed by atoms with E-state index in [1.807, 2.05) is 32.0 Å². The van der Waals surface area contributed by atoms with Crippen LogP contribution in [0.3, 0.4) is 0 Å². The first-order valence-electron chi connectivity index (χ1n) is 18.3. The highest BCUT2D eigenvalue weighted by Gasteiger charge is 2.43. The van der Waals surface area contributed by atoms with Crippen molar-refractivity contribution in [3.05, 3.63) is 23.8 Å². The third kappa shape index (κ3) is 13.4. The number of benzene rings is 1. The van der Waals surface area contributed by atoms with Gasteiger partial charge in [0.25, 0.3) is 0 Å². The maximum Gasteiger partial charge on any atom is 0.414 e. The Balaban J connectivity index is 2.35. The Kier molecular flexibility index (Phi) is 18.1. The fraction of sp³-hybridized carbons (Fsp3) is 0.737. The van der Waals surface area contributed by atoms with E-state index in [4.69, 9.17) is 39.9 Å². The molecule has 52 heavy (non-hydrogen) atoms. The largest absolute Gasteiger partial charge is 0.493 e. The number of hydrogen-bond acceptors (Lipinski definition) is 11. The molecule has 1 aliphatic rings. The van der Waals surface area contributed by atoms with E-state index in [2.05, 4.69) is 19.2 Å². The molecule has 0 radical (unpaired) electrons. The molecule has 5 atom stereocenters. The van der Waals surface area contributed by atoms with Crippen LogP contribution in [0.1, 0.15) is 80.2 Å². The van der Waals surface area contributed by atoms with Crippen LogP contribution in [0.15, 0.2) is 18.2 Å². The van der Waals surface area contributed by atoms with Crippen LogP contribution >= 0.6 is 0 Å². The summed E-state index contributed by atoms with van der Waals surface area (Å²) in [6.45, 7) is 15.6. The first-order chi connectivity index (χ1) is 24.4. The number of amides is 3. The minimum atomic E-state index is -0.923. The van der Waals surface area contributed by atoms with E-state index in [0.29, 0.717) is 44.0 Å². The summed E-state index contributed by atoms with van der Waals surface area (Å²) >= 11 is 0. The average Bonchev–Trinajstić information content (AvgIpc) is 3.48. The minimum absolute atomic E-state index is 0.0679. The van der Waals surface area contributed by atoms with E-state index in [1.54, 1.807) is 41.9 Å². The number of esters is 1. The van der Waals surface area contributed by atoms with E-state index in [1.165, 1.54) is 4.90 Å². The van der Waals surface area contributed by atoms with Crippen molar-refractivity contribution in [1.82, 2.24) is 10.2 Å². The van der Waals surface area contributed by atoms with Gasteiger partial charge in [0.1, 0.15) is 12.8 Å². The lowest BCUT2D eigenvalue weighted by Crippen LogP contribution is -2.47. The fourth-order valence-corrected chi connectivity index (χ4v) is 5.87. The minimum Gasteiger partial charge on any atom is -0.493 e. The summed E-state index contributed by atoms with van der Waals surface area (Å²) < 4.78 is 33.5. The standard InChI is InChI=1S/C38H64N4O10/c1-23(2)27(16-26-12-13-30(48-10)32(17-26)49-15-11-14-47-9)18-29-31(19-28(24(3)4)34(43)41-20-38(7,8)36(40)45)50-21-42(29)37(46)52-22-51-35(44)33(39)25(5)6/h12-13,17,23-25,27-29,31,33H,11,14-16,18-22,39H2,1-10H3,(H2,40,45)(H,41,43)/t27-,28-,29-,31-,33-/m0/s1. The predicted molar refractivity (Wildman–Crippen MR) is 196 cm³/mol. The van der Waals surface area contributed by atoms with Crippen molar-refractivity contribution in [3.8, 4) is 11.5 Å². The summed E-state index contributed by atoms with van der Waals surface area (Å²) in [6, 6.07) is 4.57. The number of carbonyl (C=O) groups is 4. The topological polar surface area (TPSA) is 191 Å². The monoisotopic (exact) mass is 736 g/mol. The van der Waals surface area contributed by atoms with Crippen LogP contribution < -0.4 is 26.3 Å². The molecule has 0 unspecified atom stereocenters. The van der Waals surface area contributed by atoms with E-state index in [-0.39, 0.29) is 42.9 Å². The van der Waals surface area contributed by atoms with E-state index >= 15 is 0 Å². The van der Waals surface area contributed by atoms with Gasteiger partial charge in [-0.1, -0.05) is 47.6 Å². The molecule has 0 spiro atoms. The first kappa shape index (κ1) is 44.5. The molecule has 1 fully saturated rings. The number of carbonyl (C=O) groups excluding carboxylic acids is 4. The molecule has 0 bridgehead atoms. The second kappa shape index (κ2) is 21.2. The van der Waals surface area contributed by atoms with E-state index in [9.17, 15) is 19.2 Å². The maximum absolute atomic E-state index is 13.5. The van der Waals surface area contributed by atoms with Crippen LogP contribution in [0, 0.1) is 35.0 Å². The molecule has 14 nitrogen and oxygen atoms in total. The van der Waals surface area contributed by atoms with Gasteiger partial charge in [-0.25, -0.2) is 4.79 Å². The Morgan fingerprint density at radius 3 is 2.23 bits per heavy atom. The Hall–Kier alpha value is -3.62. The molecule has 0 aliphatic carbocycles. The molecule has 1 aromatic rings. The zero-order valence-electron chi connectivity index (χ0n) is 32.9. The molecular formula is C38H64N4O10. The number of nitrogens with one attached hydrogen (secondary N) is 1. The van der Waals surface area contributed by atoms with Crippen LogP contribution in [-0.2, 0) is 39.8 Å². The van der Waals surface area contributed by atoms with Crippen molar-refractivity contribution < 1.29 is 47.6 Å². The first-order valence-corrected chi connectivity index (χ1v) is 18.3. The van der Waals surface area contributed by atoms with Crippen LogP contribution in [0.5, 0.6) is 11.5 Å². The van der Waals surface area contributed by atoms with Crippen LogP contribution in [0.25, 0.3) is 0 Å². The Morgan fingerprint density at radius 2 is 1.65 bits per heavy atom. The molecule has 3 amide bonds. The molecule has 1 heterocycles. The second-order valence-corrected chi connectivity index (χ2v) is 15.3. The molecule has 1 aliphatic heterocycles. The number of methoxy groups -OCH3 is 2. The SMILES string of the molecule is COCCCOc1cc(C[C@@H](C[C@H]2[C@H](C[C@H](C(=O)NCC(C)(C)C(N)=O)C(C)C)OCN2C(=O)OCOC(=O)[C@@H](N)C(C)C)C(C)C)ccc1OC. The maximum atomic E-state index is 13.5. The van der Waals surface area contributed by atoms with Crippen LogP contribution in [0.4, 0.5) is 4.79 Å². The van der Waals surface area contributed by atoms with Crippen LogP contribution in [0.2, 0.25) is 0 Å². The van der Waals surface area contributed by atoms with Crippen molar-refractivity contribution in [3.63, 3.8) is 0 Å². The van der Waals surface area contributed by atoms with Gasteiger partial charge in [-0.05, 0) is 74.5 Å². The lowest BCUT2D eigenvalue weighted by atomic mass is 9.80. The summed E-state index contributed by atoms with van der Waals surface area (Å²) in [5.41, 5.74) is 11.5. The third-order valence-electron chi connectivity index (χ3n) is 9.83. The van der Waals surface area contributed by atoms with Gasteiger partial charge in [0.05, 0.1) is 31.3 Å². The second-order valence-electron chi connectivity index (χ2n) is 15.3. The number of rotatable bonds is 22. The number of hydrogen-bond donors (Lipinski definition) is 3. The van der Waals surface area contributed by atoms with Crippen molar-refractivity contribution in [2.75, 3.05) is 47.5 Å². The molecule has 14 heteroatoms. The van der Waals surface area contributed by atoms with Gasteiger partial charge in [0.15, 0.2) is 11.5 Å². The summed E-state index contributed by atoms with van der Waals surface area (Å²) in [7, 11) is 3.25. The predicted octanol–water partition coefficient (Wildman–Crippen LogP) is 4.25. The number of nitrogens with two attached hydrogens (primary N) is 2. The zero-order valence-corrected chi connectivity index (χ0v) is 32.9. The molecule has 1 saturated heterocycles. The molecular weight excluding hydrogens is 672 g/mol. The quantitative estimate of drug-likeness (QED) is 0.0876. The van der Waals surface area contributed by atoms with Gasteiger partial charge in [-0.2, -0.15) is 0 Å². The van der Waals surface area contributed by atoms with Crippen molar-refractivity contribution in [2.45, 2.75) is 99.3 Å². The molecule has 0 saturated carbocycles. The van der Waals surface area contributed by atoms with Gasteiger partial charge >= 0.3 is 12.1 Å². The van der Waals surface area contributed by atoms with Crippen LogP contribution in [-0.4, -0.2) is 94.5 Å². The smallest absolute Gasteiger partial charge is 0.414 e. The molecule has 5 N–H and O–H groups in total. The highest BCUT2D eigenvalue weighted by atomic mass is 16.7. The fourth-order valence-electron chi connectivity index (χ4n) is 5.87. The summed E-state index contributed by atoms with van der Waals surface area (Å²) in [6.07, 6.45) is 1.04. The van der Waals surface area contributed by atoms with Gasteiger partial charge in [-0.3, -0.25) is 19.3 Å². The highest BCUT2D eigenvalue weighted by molar-refractivity contribution is 5.83. The molecule has 1 aromatic carbocycles. The Labute approximate surface area is 309 Å². The van der Waals surface area contributed by atoms with Gasteiger partial charge in [0.2, 0.25) is 18.6 Å². The van der Waals surface area contributed by atoms with Gasteiger partial charge in [0, 0.05) is 32.6 Å². The average molecular weight is 737 g/mol. The molecule has 2 rings (SSSR count). The zero-order chi connectivity index (χ0) is 39.2. The van der Waals surface area contributed by atoms with Crippen molar-refractivity contribution in [1.29, 1.82) is 0 Å². The van der Waals surface area contributed by atoms with Crippen molar-refractivity contribution in [2.24, 2.45) is 46.5 Å². The summed E-state index contributed by atoms with van der Waals surface area (Å²) in [5, 5.41) is 2.90. The number of primary amides is 1. The molecule has 0 aromatic heterocycles. The normalized spacial score (nSPS) is 17.9.